The molecule has 1 saturated carbocycles. The lowest BCUT2D eigenvalue weighted by atomic mass is 10.0. The minimum atomic E-state index is -0.549. The van der Waals surface area contributed by atoms with Gasteiger partial charge in [-0.3, -0.25) is 14.4 Å². The second kappa shape index (κ2) is 10.1. The Morgan fingerprint density at radius 3 is 2.65 bits per heavy atom. The first-order valence-corrected chi connectivity index (χ1v) is 9.33. The molecule has 142 valence electrons. The van der Waals surface area contributed by atoms with Crippen molar-refractivity contribution in [3.63, 3.8) is 0 Å². The molecule has 0 spiro atoms. The Morgan fingerprint density at radius 1 is 1.23 bits per heavy atom. The molecule has 0 aliphatic heterocycles. The molecule has 0 unspecified atom stereocenters. The van der Waals surface area contributed by atoms with Crippen LogP contribution < -0.4 is 11.1 Å². The molecule has 0 heterocycles. The van der Waals surface area contributed by atoms with Crippen LogP contribution in [0.1, 0.15) is 55.8 Å². The Bertz CT molecular complexity index is 617. The summed E-state index contributed by atoms with van der Waals surface area (Å²) in [5, 5.41) is 2.89. The Morgan fingerprint density at radius 2 is 1.96 bits per heavy atom. The van der Waals surface area contributed by atoms with Crippen LogP contribution in [-0.4, -0.2) is 36.4 Å². The molecule has 26 heavy (non-hydrogen) atoms. The van der Waals surface area contributed by atoms with Gasteiger partial charge in [-0.05, 0) is 19.3 Å². The van der Waals surface area contributed by atoms with Gasteiger partial charge >= 0.3 is 5.97 Å². The Kier molecular flexibility index (Phi) is 7.78. The highest BCUT2D eigenvalue weighted by molar-refractivity contribution is 5.98. The zero-order chi connectivity index (χ0) is 18.9. The third-order valence-corrected chi connectivity index (χ3v) is 4.79. The zero-order valence-corrected chi connectivity index (χ0v) is 15.3. The molecular formula is C20H28N2O4. The summed E-state index contributed by atoms with van der Waals surface area (Å²) >= 11 is 0. The molecule has 6 nitrogen and oxygen atoms in total. The van der Waals surface area contributed by atoms with Crippen molar-refractivity contribution in [3.8, 4) is 0 Å². The predicted molar refractivity (Wildman–Crippen MR) is 98.5 cm³/mol. The van der Waals surface area contributed by atoms with Gasteiger partial charge in [0.1, 0.15) is 0 Å². The van der Waals surface area contributed by atoms with E-state index in [1.807, 2.05) is 13.0 Å². The van der Waals surface area contributed by atoms with Crippen molar-refractivity contribution in [2.75, 3.05) is 6.61 Å². The van der Waals surface area contributed by atoms with Crippen molar-refractivity contribution in [3.05, 3.63) is 35.9 Å². The van der Waals surface area contributed by atoms with Crippen LogP contribution in [0.4, 0.5) is 0 Å². The third kappa shape index (κ3) is 5.66. The van der Waals surface area contributed by atoms with Crippen molar-refractivity contribution in [1.82, 2.24) is 5.32 Å². The van der Waals surface area contributed by atoms with E-state index in [0.717, 1.165) is 25.7 Å². The van der Waals surface area contributed by atoms with Gasteiger partial charge < -0.3 is 15.8 Å². The first kappa shape index (κ1) is 20.1. The van der Waals surface area contributed by atoms with E-state index in [1.54, 1.807) is 24.3 Å². The Balaban J connectivity index is 1.83. The first-order valence-electron chi connectivity index (χ1n) is 9.33. The SMILES string of the molecule is CCCC[C@H](N)C(=O)N[C@H]1CCC[C@H]1C(=O)OCC(=O)c1ccccc1. The number of amides is 1. The maximum atomic E-state index is 12.4. The van der Waals surface area contributed by atoms with E-state index >= 15 is 0 Å². The number of nitrogens with two attached hydrogens (primary N) is 1. The first-order chi connectivity index (χ1) is 12.5. The molecule has 6 heteroatoms. The molecule has 3 N–H and O–H groups in total. The monoisotopic (exact) mass is 360 g/mol. The van der Waals surface area contributed by atoms with Crippen molar-refractivity contribution >= 4 is 17.7 Å². The van der Waals surface area contributed by atoms with Crippen LogP contribution in [0.25, 0.3) is 0 Å². The van der Waals surface area contributed by atoms with Crippen LogP contribution in [0.5, 0.6) is 0 Å². The Labute approximate surface area is 154 Å². The topological polar surface area (TPSA) is 98.5 Å². The molecule has 3 atom stereocenters. The smallest absolute Gasteiger partial charge is 0.311 e. The molecule has 0 radical (unpaired) electrons. The lowest BCUT2D eigenvalue weighted by Crippen LogP contribution is -2.48. The fourth-order valence-corrected chi connectivity index (χ4v) is 3.21. The second-order valence-corrected chi connectivity index (χ2v) is 6.80. The molecule has 0 bridgehead atoms. The van der Waals surface area contributed by atoms with E-state index in [1.165, 1.54) is 0 Å². The molecule has 1 aliphatic rings. The number of hydrogen-bond acceptors (Lipinski definition) is 5. The molecule has 1 aromatic carbocycles. The lowest BCUT2D eigenvalue weighted by Gasteiger charge is -2.21. The minimum absolute atomic E-state index is 0.219. The fourth-order valence-electron chi connectivity index (χ4n) is 3.21. The lowest BCUT2D eigenvalue weighted by molar-refractivity contribution is -0.148. The maximum Gasteiger partial charge on any atom is 0.311 e. The summed E-state index contributed by atoms with van der Waals surface area (Å²) in [7, 11) is 0. The summed E-state index contributed by atoms with van der Waals surface area (Å²) in [6.07, 6.45) is 4.71. The number of esters is 1. The maximum absolute atomic E-state index is 12.4. The van der Waals surface area contributed by atoms with E-state index in [-0.39, 0.29) is 24.3 Å². The highest BCUT2D eigenvalue weighted by Crippen LogP contribution is 2.27. The van der Waals surface area contributed by atoms with Crippen LogP contribution in [0.2, 0.25) is 0 Å². The summed E-state index contributed by atoms with van der Waals surface area (Å²) in [5.74, 6) is -1.30. The Hall–Kier alpha value is -2.21. The summed E-state index contributed by atoms with van der Waals surface area (Å²) in [6.45, 7) is 1.76. The number of benzene rings is 1. The number of Topliss-reactive ketones (excluding diaryl/α,β-unsaturated/α-hetero) is 1. The highest BCUT2D eigenvalue weighted by Gasteiger charge is 2.36. The summed E-state index contributed by atoms with van der Waals surface area (Å²) in [5.41, 5.74) is 6.41. The number of ether oxygens (including phenoxy) is 1. The van der Waals surface area contributed by atoms with Gasteiger partial charge in [0.05, 0.1) is 12.0 Å². The fraction of sp³-hybridized carbons (Fsp3) is 0.550. The van der Waals surface area contributed by atoms with Crippen molar-refractivity contribution < 1.29 is 19.1 Å². The number of rotatable bonds is 9. The van der Waals surface area contributed by atoms with E-state index < -0.39 is 17.9 Å². The zero-order valence-electron chi connectivity index (χ0n) is 15.3. The largest absolute Gasteiger partial charge is 0.457 e. The molecular weight excluding hydrogens is 332 g/mol. The number of nitrogens with one attached hydrogen (secondary N) is 1. The molecule has 1 amide bonds. The van der Waals surface area contributed by atoms with Crippen LogP contribution in [0, 0.1) is 5.92 Å². The van der Waals surface area contributed by atoms with E-state index in [4.69, 9.17) is 10.5 Å². The van der Waals surface area contributed by atoms with Crippen LogP contribution in [0.3, 0.4) is 0 Å². The van der Waals surface area contributed by atoms with Gasteiger partial charge in [0.15, 0.2) is 12.4 Å². The van der Waals surface area contributed by atoms with Crippen molar-refractivity contribution in [1.29, 1.82) is 0 Å². The normalized spacial score (nSPS) is 20.4. The van der Waals surface area contributed by atoms with Gasteiger partial charge in [-0.25, -0.2) is 0 Å². The quantitative estimate of drug-likeness (QED) is 0.520. The standard InChI is InChI=1S/C20H28N2O4/c1-2-3-11-16(21)19(24)22-17-12-7-10-15(17)20(25)26-13-18(23)14-8-5-4-6-9-14/h4-6,8-9,15-17H,2-3,7,10-13,21H2,1H3,(H,22,24)/t15-,16+,17+/m1/s1. The van der Waals surface area contributed by atoms with Gasteiger partial charge in [0.25, 0.3) is 0 Å². The van der Waals surface area contributed by atoms with E-state index in [9.17, 15) is 14.4 Å². The third-order valence-electron chi connectivity index (χ3n) is 4.79. The molecule has 0 aromatic heterocycles. The van der Waals surface area contributed by atoms with Gasteiger partial charge in [0.2, 0.25) is 5.91 Å². The average molecular weight is 360 g/mol. The molecule has 2 rings (SSSR count). The van der Waals surface area contributed by atoms with Gasteiger partial charge in [0, 0.05) is 11.6 Å². The minimum Gasteiger partial charge on any atom is -0.457 e. The van der Waals surface area contributed by atoms with Gasteiger partial charge in [-0.15, -0.1) is 0 Å². The highest BCUT2D eigenvalue weighted by atomic mass is 16.5. The summed E-state index contributed by atoms with van der Waals surface area (Å²) in [4.78, 5) is 36.6. The second-order valence-electron chi connectivity index (χ2n) is 6.80. The van der Waals surface area contributed by atoms with Crippen LogP contribution in [0.15, 0.2) is 30.3 Å². The summed E-state index contributed by atoms with van der Waals surface area (Å²) in [6, 6.07) is 7.90. The van der Waals surface area contributed by atoms with Gasteiger partial charge in [-0.2, -0.15) is 0 Å². The van der Waals surface area contributed by atoms with Crippen molar-refractivity contribution in [2.24, 2.45) is 11.7 Å². The van der Waals surface area contributed by atoms with Crippen LogP contribution >= 0.6 is 0 Å². The van der Waals surface area contributed by atoms with E-state index in [0.29, 0.717) is 18.4 Å². The number of ketones is 1. The van der Waals surface area contributed by atoms with Gasteiger partial charge in [-0.1, -0.05) is 56.5 Å². The number of unbranched alkanes of at least 4 members (excludes halogenated alkanes) is 1. The summed E-state index contributed by atoms with van der Waals surface area (Å²) < 4.78 is 5.21. The average Bonchev–Trinajstić information content (AvgIpc) is 3.12. The molecule has 1 fully saturated rings. The number of carbonyl (C=O) groups excluding carboxylic acids is 3. The molecule has 0 saturated heterocycles. The molecule has 1 aromatic rings. The number of carbonyl (C=O) groups is 3. The number of hydrogen-bond donors (Lipinski definition) is 2. The molecule has 1 aliphatic carbocycles. The van der Waals surface area contributed by atoms with Crippen molar-refractivity contribution in [2.45, 2.75) is 57.5 Å². The van der Waals surface area contributed by atoms with E-state index in [2.05, 4.69) is 5.32 Å². The van der Waals surface area contributed by atoms with Crippen LogP contribution in [-0.2, 0) is 14.3 Å². The predicted octanol–water partition coefficient (Wildman–Crippen LogP) is 2.21.